The molecule has 0 N–H and O–H groups in total. The zero-order valence-electron chi connectivity index (χ0n) is 13.8. The lowest BCUT2D eigenvalue weighted by Crippen LogP contribution is -1.89. The second-order valence-electron chi connectivity index (χ2n) is 6.24. The molecule has 0 nitrogen and oxygen atoms in total. The van der Waals surface area contributed by atoms with E-state index in [1.54, 1.807) is 0 Å². The van der Waals surface area contributed by atoms with Crippen LogP contribution in [0.4, 0.5) is 0 Å². The zero-order chi connectivity index (χ0) is 14.2. The Bertz CT molecular complexity index is 171. The first-order valence-electron chi connectivity index (χ1n) is 8.93. The number of hydrogen-bond donors (Lipinski definition) is 0. The molecular weight excluding hydrogens is 228 g/mol. The summed E-state index contributed by atoms with van der Waals surface area (Å²) in [7, 11) is 0. The molecule has 0 aliphatic heterocycles. The predicted molar refractivity (Wildman–Crippen MR) is 89.7 cm³/mol. The first-order valence-corrected chi connectivity index (χ1v) is 8.93. The summed E-state index contributed by atoms with van der Waals surface area (Å²) >= 11 is 0. The molecule has 0 aliphatic rings. The van der Waals surface area contributed by atoms with Crippen LogP contribution in [-0.2, 0) is 0 Å². The third-order valence-corrected chi connectivity index (χ3v) is 4.17. The standard InChI is InChI=1S/C19H38/c1-4-6-7-8-9-10-11-12-13-14-15-16-17-18-19(3)5-2/h5,19H,2,4,6-18H2,1,3H3. The van der Waals surface area contributed by atoms with E-state index in [1.165, 1.54) is 89.9 Å². The minimum Gasteiger partial charge on any atom is -0.103 e. The molecule has 0 spiro atoms. The summed E-state index contributed by atoms with van der Waals surface area (Å²) < 4.78 is 0. The van der Waals surface area contributed by atoms with Gasteiger partial charge in [0, 0.05) is 0 Å². The molecule has 0 heteroatoms. The monoisotopic (exact) mass is 266 g/mol. The molecular formula is C19H38. The lowest BCUT2D eigenvalue weighted by atomic mass is 10.0. The molecule has 0 saturated carbocycles. The van der Waals surface area contributed by atoms with Gasteiger partial charge in [0.25, 0.3) is 0 Å². The summed E-state index contributed by atoms with van der Waals surface area (Å²) in [5.41, 5.74) is 0. The van der Waals surface area contributed by atoms with Gasteiger partial charge in [-0.15, -0.1) is 6.58 Å². The van der Waals surface area contributed by atoms with E-state index in [1.807, 2.05) is 0 Å². The van der Waals surface area contributed by atoms with Crippen molar-refractivity contribution >= 4 is 0 Å². The number of unbranched alkanes of at least 4 members (excludes halogenated alkanes) is 12. The van der Waals surface area contributed by atoms with Gasteiger partial charge in [-0.05, 0) is 12.3 Å². The largest absolute Gasteiger partial charge is 0.103 e. The molecule has 0 radical (unpaired) electrons. The summed E-state index contributed by atoms with van der Waals surface area (Å²) in [5, 5.41) is 0. The van der Waals surface area contributed by atoms with Gasteiger partial charge >= 0.3 is 0 Å². The number of allylic oxidation sites excluding steroid dienone is 1. The van der Waals surface area contributed by atoms with Crippen molar-refractivity contribution in [3.8, 4) is 0 Å². The maximum Gasteiger partial charge on any atom is -0.0265 e. The summed E-state index contributed by atoms with van der Waals surface area (Å²) in [6.07, 6.45) is 22.2. The molecule has 1 unspecified atom stereocenters. The first-order chi connectivity index (χ1) is 9.31. The van der Waals surface area contributed by atoms with Gasteiger partial charge in [0.1, 0.15) is 0 Å². The molecule has 19 heavy (non-hydrogen) atoms. The van der Waals surface area contributed by atoms with Gasteiger partial charge in [-0.1, -0.05) is 103 Å². The highest BCUT2D eigenvalue weighted by Crippen LogP contribution is 2.14. The average Bonchev–Trinajstić information content (AvgIpc) is 2.43. The Kier molecular flexibility index (Phi) is 15.6. The predicted octanol–water partition coefficient (Wildman–Crippen LogP) is 7.29. The quantitative estimate of drug-likeness (QED) is 0.216. The maximum absolute atomic E-state index is 3.84. The van der Waals surface area contributed by atoms with Crippen molar-refractivity contribution in [2.24, 2.45) is 5.92 Å². The van der Waals surface area contributed by atoms with Crippen LogP contribution in [0.15, 0.2) is 12.7 Å². The fourth-order valence-electron chi connectivity index (χ4n) is 2.60. The van der Waals surface area contributed by atoms with Crippen LogP contribution in [0.2, 0.25) is 0 Å². The van der Waals surface area contributed by atoms with Crippen molar-refractivity contribution < 1.29 is 0 Å². The summed E-state index contributed by atoms with van der Waals surface area (Å²) in [4.78, 5) is 0. The SMILES string of the molecule is C=CC(C)CCCCCCCCCCCCCCC. The van der Waals surface area contributed by atoms with E-state index in [0.29, 0.717) is 5.92 Å². The lowest BCUT2D eigenvalue weighted by Gasteiger charge is -2.05. The van der Waals surface area contributed by atoms with Crippen LogP contribution in [0.25, 0.3) is 0 Å². The molecule has 0 amide bonds. The van der Waals surface area contributed by atoms with E-state index >= 15 is 0 Å². The molecule has 0 aliphatic carbocycles. The van der Waals surface area contributed by atoms with Crippen molar-refractivity contribution in [3.05, 3.63) is 12.7 Å². The van der Waals surface area contributed by atoms with Gasteiger partial charge in [0.15, 0.2) is 0 Å². The maximum atomic E-state index is 3.84. The Morgan fingerprint density at radius 2 is 1.05 bits per heavy atom. The van der Waals surface area contributed by atoms with Gasteiger partial charge < -0.3 is 0 Å². The van der Waals surface area contributed by atoms with Gasteiger partial charge in [0.2, 0.25) is 0 Å². The van der Waals surface area contributed by atoms with E-state index in [4.69, 9.17) is 0 Å². The van der Waals surface area contributed by atoms with Crippen LogP contribution in [0.3, 0.4) is 0 Å². The van der Waals surface area contributed by atoms with Gasteiger partial charge in [0.05, 0.1) is 0 Å². The fraction of sp³-hybridized carbons (Fsp3) is 0.895. The van der Waals surface area contributed by atoms with Crippen LogP contribution in [0, 0.1) is 5.92 Å². The van der Waals surface area contributed by atoms with Gasteiger partial charge in [-0.25, -0.2) is 0 Å². The number of hydrogen-bond acceptors (Lipinski definition) is 0. The van der Waals surface area contributed by atoms with E-state index in [2.05, 4.69) is 26.5 Å². The summed E-state index contributed by atoms with van der Waals surface area (Å²) in [6, 6.07) is 0. The second-order valence-corrected chi connectivity index (χ2v) is 6.24. The van der Waals surface area contributed by atoms with Crippen LogP contribution < -0.4 is 0 Å². The van der Waals surface area contributed by atoms with E-state index in [-0.39, 0.29) is 0 Å². The van der Waals surface area contributed by atoms with Crippen LogP contribution in [-0.4, -0.2) is 0 Å². The van der Waals surface area contributed by atoms with Crippen molar-refractivity contribution in [2.75, 3.05) is 0 Å². The molecule has 0 rings (SSSR count). The molecule has 0 saturated heterocycles. The number of rotatable bonds is 15. The molecule has 0 fully saturated rings. The van der Waals surface area contributed by atoms with Gasteiger partial charge in [-0.3, -0.25) is 0 Å². The molecule has 0 bridgehead atoms. The van der Waals surface area contributed by atoms with Crippen molar-refractivity contribution in [1.29, 1.82) is 0 Å². The third-order valence-electron chi connectivity index (χ3n) is 4.17. The molecule has 0 aromatic heterocycles. The molecule has 0 heterocycles. The molecule has 0 aromatic carbocycles. The lowest BCUT2D eigenvalue weighted by molar-refractivity contribution is 0.520. The molecule has 114 valence electrons. The summed E-state index contributed by atoms with van der Waals surface area (Å²) in [6.45, 7) is 8.40. The second kappa shape index (κ2) is 15.8. The van der Waals surface area contributed by atoms with Gasteiger partial charge in [-0.2, -0.15) is 0 Å². The first kappa shape index (κ1) is 18.7. The highest BCUT2D eigenvalue weighted by atomic mass is 14.0. The van der Waals surface area contributed by atoms with Crippen LogP contribution >= 0.6 is 0 Å². The van der Waals surface area contributed by atoms with Crippen molar-refractivity contribution in [3.63, 3.8) is 0 Å². The van der Waals surface area contributed by atoms with Crippen molar-refractivity contribution in [2.45, 2.75) is 104 Å². The Labute approximate surface area is 123 Å². The fourth-order valence-corrected chi connectivity index (χ4v) is 2.60. The Morgan fingerprint density at radius 3 is 1.42 bits per heavy atom. The topological polar surface area (TPSA) is 0 Å². The highest BCUT2D eigenvalue weighted by Gasteiger charge is 1.96. The van der Waals surface area contributed by atoms with Crippen LogP contribution in [0.5, 0.6) is 0 Å². The highest BCUT2D eigenvalue weighted by molar-refractivity contribution is 4.74. The summed E-state index contributed by atoms with van der Waals surface area (Å²) in [5.74, 6) is 0.715. The van der Waals surface area contributed by atoms with Crippen molar-refractivity contribution in [1.82, 2.24) is 0 Å². The third kappa shape index (κ3) is 15.7. The average molecular weight is 267 g/mol. The molecule has 0 aromatic rings. The van der Waals surface area contributed by atoms with Crippen LogP contribution in [0.1, 0.15) is 104 Å². The zero-order valence-corrected chi connectivity index (χ0v) is 13.8. The normalized spacial score (nSPS) is 12.5. The minimum absolute atomic E-state index is 0.715. The minimum atomic E-state index is 0.715. The smallest absolute Gasteiger partial charge is 0.0265 e. The Balaban J connectivity index is 2.97. The Hall–Kier alpha value is -0.260. The van der Waals surface area contributed by atoms with E-state index < -0.39 is 0 Å². The Morgan fingerprint density at radius 1 is 0.684 bits per heavy atom. The van der Waals surface area contributed by atoms with E-state index in [0.717, 1.165) is 0 Å². The molecule has 1 atom stereocenters. The van der Waals surface area contributed by atoms with E-state index in [9.17, 15) is 0 Å².